The highest BCUT2D eigenvalue weighted by Crippen LogP contribution is 2.19. The number of hydrogen-bond donors (Lipinski definition) is 2. The first-order valence-corrected chi connectivity index (χ1v) is 4.25. The molecule has 1 aromatic carbocycles. The van der Waals surface area contributed by atoms with E-state index in [-0.39, 0.29) is 11.7 Å². The Labute approximate surface area is 86.2 Å². The van der Waals surface area contributed by atoms with E-state index in [1.54, 1.807) is 12.1 Å². The molecular weight excluding hydrogens is 204 g/mol. The van der Waals surface area contributed by atoms with Crippen molar-refractivity contribution in [2.75, 3.05) is 0 Å². The fourth-order valence-corrected chi connectivity index (χ4v) is 1.00. The van der Waals surface area contributed by atoms with Crippen molar-refractivity contribution < 1.29 is 9.90 Å². The number of phenols is 1. The molecular formula is C9H9ClN2O2. The number of phenolic OH excluding ortho intramolecular Hbond substituents is 1. The summed E-state index contributed by atoms with van der Waals surface area (Å²) in [5.41, 5.74) is 2.67. The summed E-state index contributed by atoms with van der Waals surface area (Å²) in [6, 6.07) is 4.56. The summed E-state index contributed by atoms with van der Waals surface area (Å²) in [6.07, 6.45) is 1.32. The lowest BCUT2D eigenvalue weighted by Gasteiger charge is -1.98. The number of aromatic hydroxyl groups is 1. The average molecular weight is 213 g/mol. The number of halogens is 1. The highest BCUT2D eigenvalue weighted by atomic mass is 35.5. The first kappa shape index (κ1) is 10.5. The lowest BCUT2D eigenvalue weighted by molar-refractivity contribution is -0.118. The number of benzene rings is 1. The maximum absolute atomic E-state index is 10.5. The van der Waals surface area contributed by atoms with E-state index in [0.717, 1.165) is 0 Å². The number of amides is 1. The van der Waals surface area contributed by atoms with Crippen molar-refractivity contribution in [2.45, 2.75) is 6.92 Å². The van der Waals surface area contributed by atoms with Gasteiger partial charge in [-0.2, -0.15) is 5.10 Å². The number of hydrogen-bond acceptors (Lipinski definition) is 3. The van der Waals surface area contributed by atoms with Crippen LogP contribution >= 0.6 is 11.6 Å². The third-order valence-corrected chi connectivity index (χ3v) is 1.65. The van der Waals surface area contributed by atoms with Gasteiger partial charge < -0.3 is 5.11 Å². The van der Waals surface area contributed by atoms with Crippen LogP contribution in [-0.2, 0) is 4.79 Å². The van der Waals surface area contributed by atoms with Crippen molar-refractivity contribution in [1.82, 2.24) is 5.43 Å². The number of nitrogens with one attached hydrogen (secondary N) is 1. The van der Waals surface area contributed by atoms with Crippen molar-refractivity contribution in [3.05, 3.63) is 28.8 Å². The van der Waals surface area contributed by atoms with Gasteiger partial charge in [-0.1, -0.05) is 11.6 Å². The lowest BCUT2D eigenvalue weighted by Crippen LogP contribution is -2.12. The minimum absolute atomic E-state index is 0.0588. The number of hydrazone groups is 1. The number of carbonyl (C=O) groups is 1. The zero-order valence-corrected chi connectivity index (χ0v) is 8.25. The van der Waals surface area contributed by atoms with Gasteiger partial charge in [-0.15, -0.1) is 0 Å². The van der Waals surface area contributed by atoms with E-state index < -0.39 is 0 Å². The summed E-state index contributed by atoms with van der Waals surface area (Å²) in [5.74, 6) is -0.216. The molecule has 0 aliphatic carbocycles. The molecule has 0 radical (unpaired) electrons. The first-order chi connectivity index (χ1) is 6.59. The van der Waals surface area contributed by atoms with Gasteiger partial charge in [-0.3, -0.25) is 4.79 Å². The molecule has 2 N–H and O–H groups in total. The summed E-state index contributed by atoms with van der Waals surface area (Å²) < 4.78 is 0. The second kappa shape index (κ2) is 4.62. The Kier molecular flexibility index (Phi) is 3.48. The Bertz CT molecular complexity index is 377. The van der Waals surface area contributed by atoms with Crippen LogP contribution in [0.5, 0.6) is 5.75 Å². The lowest BCUT2D eigenvalue weighted by atomic mass is 10.2. The Hall–Kier alpha value is -1.55. The van der Waals surface area contributed by atoms with Crippen molar-refractivity contribution in [3.63, 3.8) is 0 Å². The quantitative estimate of drug-likeness (QED) is 0.577. The third-order valence-electron chi connectivity index (χ3n) is 1.42. The van der Waals surface area contributed by atoms with Gasteiger partial charge in [0.25, 0.3) is 0 Å². The summed E-state index contributed by atoms with van der Waals surface area (Å²) in [4.78, 5) is 10.5. The normalized spacial score (nSPS) is 10.4. The molecule has 0 atom stereocenters. The Morgan fingerprint density at radius 1 is 1.64 bits per heavy atom. The molecule has 4 nitrogen and oxygen atoms in total. The fourth-order valence-electron chi connectivity index (χ4n) is 0.821. The van der Waals surface area contributed by atoms with E-state index in [4.69, 9.17) is 11.6 Å². The summed E-state index contributed by atoms with van der Waals surface area (Å²) in [6.45, 7) is 1.34. The molecule has 1 amide bonds. The molecule has 74 valence electrons. The van der Waals surface area contributed by atoms with Gasteiger partial charge in [-0.25, -0.2) is 5.43 Å². The molecule has 0 aliphatic heterocycles. The van der Waals surface area contributed by atoms with E-state index in [2.05, 4.69) is 10.5 Å². The third kappa shape index (κ3) is 3.06. The number of rotatable bonds is 2. The summed E-state index contributed by atoms with van der Waals surface area (Å²) in [7, 11) is 0. The summed E-state index contributed by atoms with van der Waals surface area (Å²) >= 11 is 5.70. The fraction of sp³-hybridized carbons (Fsp3) is 0.111. The van der Waals surface area contributed by atoms with Crippen LogP contribution in [0.15, 0.2) is 23.3 Å². The topological polar surface area (TPSA) is 61.7 Å². The Morgan fingerprint density at radius 2 is 2.36 bits per heavy atom. The molecule has 1 rings (SSSR count). The average Bonchev–Trinajstić information content (AvgIpc) is 2.10. The van der Waals surface area contributed by atoms with Gasteiger partial charge in [0.15, 0.2) is 0 Å². The van der Waals surface area contributed by atoms with Crippen LogP contribution in [0.25, 0.3) is 0 Å². The van der Waals surface area contributed by atoms with Gasteiger partial charge in [0.1, 0.15) is 5.75 Å². The first-order valence-electron chi connectivity index (χ1n) is 3.88. The zero-order chi connectivity index (χ0) is 10.6. The van der Waals surface area contributed by atoms with E-state index in [9.17, 15) is 9.90 Å². The summed E-state index contributed by atoms with van der Waals surface area (Å²) in [5, 5.41) is 13.4. The van der Waals surface area contributed by atoms with Crippen molar-refractivity contribution in [3.8, 4) is 5.75 Å². The van der Waals surface area contributed by atoms with E-state index >= 15 is 0 Å². The van der Waals surface area contributed by atoms with Gasteiger partial charge in [0.2, 0.25) is 5.91 Å². The molecule has 0 aromatic heterocycles. The van der Waals surface area contributed by atoms with Crippen molar-refractivity contribution in [2.24, 2.45) is 5.10 Å². The highest BCUT2D eigenvalue weighted by molar-refractivity contribution is 6.30. The van der Waals surface area contributed by atoms with E-state index in [1.807, 2.05) is 0 Å². The second-order valence-electron chi connectivity index (χ2n) is 2.63. The number of nitrogens with zero attached hydrogens (tertiary/aromatic N) is 1. The molecule has 0 heterocycles. The maximum Gasteiger partial charge on any atom is 0.236 e. The van der Waals surface area contributed by atoms with Crippen molar-refractivity contribution in [1.29, 1.82) is 0 Å². The van der Waals surface area contributed by atoms with E-state index in [0.29, 0.717) is 10.6 Å². The van der Waals surface area contributed by atoms with E-state index in [1.165, 1.54) is 19.2 Å². The van der Waals surface area contributed by atoms with Crippen molar-refractivity contribution >= 4 is 23.7 Å². The Balaban J connectivity index is 2.80. The van der Waals surface area contributed by atoms with Crippen LogP contribution in [0.4, 0.5) is 0 Å². The van der Waals surface area contributed by atoms with Crippen LogP contribution in [-0.4, -0.2) is 17.2 Å². The van der Waals surface area contributed by atoms with Gasteiger partial charge in [0.05, 0.1) is 6.21 Å². The smallest absolute Gasteiger partial charge is 0.236 e. The largest absolute Gasteiger partial charge is 0.507 e. The molecule has 0 spiro atoms. The minimum Gasteiger partial charge on any atom is -0.507 e. The predicted octanol–water partition coefficient (Wildman–Crippen LogP) is 1.52. The Morgan fingerprint density at radius 3 is 3.00 bits per heavy atom. The maximum atomic E-state index is 10.5. The second-order valence-corrected chi connectivity index (χ2v) is 3.07. The molecule has 0 saturated carbocycles. The zero-order valence-electron chi connectivity index (χ0n) is 7.49. The molecule has 0 fully saturated rings. The number of carbonyl (C=O) groups excluding carboxylic acids is 1. The molecule has 0 unspecified atom stereocenters. The molecule has 0 aliphatic rings. The van der Waals surface area contributed by atoms with Crippen LogP contribution in [0.2, 0.25) is 5.02 Å². The van der Waals surface area contributed by atoms with Gasteiger partial charge in [-0.05, 0) is 18.2 Å². The molecule has 1 aromatic rings. The molecule has 0 bridgehead atoms. The van der Waals surface area contributed by atoms with Gasteiger partial charge >= 0.3 is 0 Å². The van der Waals surface area contributed by atoms with Crippen LogP contribution in [0.3, 0.4) is 0 Å². The van der Waals surface area contributed by atoms with Crippen LogP contribution in [0.1, 0.15) is 12.5 Å². The standard InChI is InChI=1S/C9H9ClN2O2/c1-6(13)12-11-5-7-4-8(10)2-3-9(7)14/h2-5,14H,1H3,(H,12,13). The highest BCUT2D eigenvalue weighted by Gasteiger charge is 1.98. The molecule has 0 saturated heterocycles. The minimum atomic E-state index is -0.275. The van der Waals surface area contributed by atoms with Crippen LogP contribution in [0, 0.1) is 0 Å². The SMILES string of the molecule is CC(=O)NN=Cc1cc(Cl)ccc1O. The molecule has 5 heteroatoms. The van der Waals surface area contributed by atoms with Crippen LogP contribution < -0.4 is 5.43 Å². The molecule has 14 heavy (non-hydrogen) atoms. The predicted molar refractivity (Wildman–Crippen MR) is 54.5 cm³/mol. The monoisotopic (exact) mass is 212 g/mol. The van der Waals surface area contributed by atoms with Gasteiger partial charge in [0, 0.05) is 17.5 Å².